The summed E-state index contributed by atoms with van der Waals surface area (Å²) in [5, 5.41) is 9.10. The number of carbonyl (C=O) groups is 1. The van der Waals surface area contributed by atoms with Crippen LogP contribution in [0.3, 0.4) is 0 Å². The number of nitrogens with zero attached hydrogens (tertiary/aromatic N) is 1. The number of phosphoric acid groups is 1. The molecule has 1 aromatic carbocycles. The summed E-state index contributed by atoms with van der Waals surface area (Å²) < 4.78 is 15.8. The molecule has 0 radical (unpaired) electrons. The van der Waals surface area contributed by atoms with E-state index < -0.39 is 19.8 Å². The van der Waals surface area contributed by atoms with Crippen molar-refractivity contribution in [1.82, 2.24) is 5.23 Å². The SMILES string of the molecule is C[C@@H](C(=O)O)N(OCc1ccc(Br)cc1)OP(=O)(O)O. The van der Waals surface area contributed by atoms with Gasteiger partial charge in [0.25, 0.3) is 0 Å². The van der Waals surface area contributed by atoms with Crippen LogP contribution in [0.1, 0.15) is 12.5 Å². The van der Waals surface area contributed by atoms with Crippen LogP contribution in [0.25, 0.3) is 0 Å². The Morgan fingerprint density at radius 3 is 2.40 bits per heavy atom. The zero-order valence-electron chi connectivity index (χ0n) is 10.3. The summed E-state index contributed by atoms with van der Waals surface area (Å²) in [6, 6.07) is 5.50. The molecule has 0 bridgehead atoms. The Hall–Kier alpha value is -0.800. The number of halogens is 1. The van der Waals surface area contributed by atoms with Gasteiger partial charge in [-0.1, -0.05) is 28.1 Å². The highest BCUT2D eigenvalue weighted by molar-refractivity contribution is 9.10. The molecule has 0 amide bonds. The molecule has 112 valence electrons. The molecular formula is C10H13BrNO7P. The number of benzene rings is 1. The summed E-state index contributed by atoms with van der Waals surface area (Å²) in [5.74, 6) is -1.35. The highest BCUT2D eigenvalue weighted by atomic mass is 79.9. The van der Waals surface area contributed by atoms with Gasteiger partial charge in [-0.2, -0.15) is 4.62 Å². The van der Waals surface area contributed by atoms with E-state index in [4.69, 9.17) is 19.7 Å². The number of carboxylic acids is 1. The molecule has 1 aromatic rings. The first-order chi connectivity index (χ1) is 9.19. The smallest absolute Gasteiger partial charge is 0.480 e. The van der Waals surface area contributed by atoms with Gasteiger partial charge in [-0.15, -0.1) is 0 Å². The van der Waals surface area contributed by atoms with Crippen molar-refractivity contribution in [2.75, 3.05) is 0 Å². The molecule has 0 unspecified atom stereocenters. The predicted octanol–water partition coefficient (Wildman–Crippen LogP) is 1.68. The Morgan fingerprint density at radius 1 is 1.40 bits per heavy atom. The van der Waals surface area contributed by atoms with E-state index in [1.807, 2.05) is 0 Å². The van der Waals surface area contributed by atoms with Gasteiger partial charge in [0.2, 0.25) is 0 Å². The lowest BCUT2D eigenvalue weighted by molar-refractivity contribution is -0.346. The number of hydrogen-bond donors (Lipinski definition) is 3. The van der Waals surface area contributed by atoms with Crippen molar-refractivity contribution in [2.24, 2.45) is 0 Å². The highest BCUT2D eigenvalue weighted by Crippen LogP contribution is 2.38. The van der Waals surface area contributed by atoms with E-state index in [1.54, 1.807) is 24.3 Å². The van der Waals surface area contributed by atoms with Gasteiger partial charge >= 0.3 is 13.8 Å². The van der Waals surface area contributed by atoms with E-state index in [2.05, 4.69) is 20.6 Å². The monoisotopic (exact) mass is 369 g/mol. The van der Waals surface area contributed by atoms with Gasteiger partial charge in [-0.05, 0) is 29.8 Å². The summed E-state index contributed by atoms with van der Waals surface area (Å²) in [4.78, 5) is 33.3. The molecule has 8 nitrogen and oxygen atoms in total. The summed E-state index contributed by atoms with van der Waals surface area (Å²) in [6.45, 7) is 1.06. The van der Waals surface area contributed by atoms with Crippen molar-refractivity contribution < 1.29 is 33.7 Å². The largest absolute Gasteiger partial charge is 0.488 e. The maximum atomic E-state index is 10.8. The van der Waals surface area contributed by atoms with Crippen LogP contribution in [-0.4, -0.2) is 32.1 Å². The molecule has 0 aromatic heterocycles. The number of rotatable bonds is 7. The normalized spacial score (nSPS) is 13.4. The van der Waals surface area contributed by atoms with Crippen molar-refractivity contribution in [2.45, 2.75) is 19.6 Å². The predicted molar refractivity (Wildman–Crippen MR) is 71.0 cm³/mol. The van der Waals surface area contributed by atoms with Gasteiger partial charge in [0, 0.05) is 4.47 Å². The van der Waals surface area contributed by atoms with Crippen LogP contribution in [0.5, 0.6) is 0 Å². The molecule has 1 atom stereocenters. The lowest BCUT2D eigenvalue weighted by Gasteiger charge is -2.24. The van der Waals surface area contributed by atoms with Gasteiger partial charge in [-0.25, -0.2) is 4.57 Å². The molecule has 0 saturated heterocycles. The van der Waals surface area contributed by atoms with Crippen molar-refractivity contribution in [3.8, 4) is 0 Å². The van der Waals surface area contributed by atoms with Crippen LogP contribution in [0.2, 0.25) is 0 Å². The lowest BCUT2D eigenvalue weighted by Crippen LogP contribution is -2.38. The molecule has 3 N–H and O–H groups in total. The zero-order valence-corrected chi connectivity index (χ0v) is 12.8. The maximum Gasteiger partial charge on any atom is 0.488 e. The summed E-state index contributed by atoms with van der Waals surface area (Å²) in [7, 11) is -4.91. The Labute approximate surface area is 123 Å². The molecule has 0 fully saturated rings. The standard InChI is InChI=1S/C10H13BrNO7P/c1-7(10(13)14)12(19-20(15,16)17)18-6-8-2-4-9(11)5-3-8/h2-5,7H,6H2,1H3,(H,13,14)(H2,15,16,17)/t7-/m0/s1. The minimum atomic E-state index is -4.91. The summed E-state index contributed by atoms with van der Waals surface area (Å²) in [5.41, 5.74) is 0.671. The summed E-state index contributed by atoms with van der Waals surface area (Å²) in [6.07, 6.45) is 0. The topological polar surface area (TPSA) is 117 Å². The van der Waals surface area contributed by atoms with Gasteiger partial charge in [-0.3, -0.25) is 9.63 Å². The number of aliphatic carboxylic acids is 1. The van der Waals surface area contributed by atoms with Crippen LogP contribution >= 0.6 is 23.8 Å². The van der Waals surface area contributed by atoms with Crippen molar-refractivity contribution >= 4 is 29.7 Å². The second-order valence-corrected chi connectivity index (χ2v) is 5.83. The third-order valence-electron chi connectivity index (χ3n) is 2.13. The molecule has 0 aliphatic heterocycles. The average molecular weight is 370 g/mol. The van der Waals surface area contributed by atoms with E-state index >= 15 is 0 Å². The number of hydrogen-bond acceptors (Lipinski definition) is 5. The minimum Gasteiger partial charge on any atom is -0.480 e. The number of carboxylic acid groups (broad SMARTS) is 1. The zero-order chi connectivity index (χ0) is 15.3. The molecule has 10 heteroatoms. The summed E-state index contributed by atoms with van der Waals surface area (Å²) >= 11 is 3.25. The minimum absolute atomic E-state index is 0.106. The Bertz CT molecular complexity index is 503. The fraction of sp³-hybridized carbons (Fsp3) is 0.300. The molecule has 0 spiro atoms. The number of hydroxylamine groups is 2. The molecule has 0 aliphatic rings. The van der Waals surface area contributed by atoms with Crippen molar-refractivity contribution in [3.63, 3.8) is 0 Å². The Balaban J connectivity index is 2.71. The highest BCUT2D eigenvalue weighted by Gasteiger charge is 2.30. The molecule has 0 aliphatic carbocycles. The second-order valence-electron chi connectivity index (χ2n) is 3.77. The van der Waals surface area contributed by atoms with Gasteiger partial charge in [0.05, 0.1) is 6.61 Å². The lowest BCUT2D eigenvalue weighted by atomic mass is 10.2. The molecule has 0 saturated carbocycles. The van der Waals surface area contributed by atoms with Crippen LogP contribution in [-0.2, 0) is 25.4 Å². The van der Waals surface area contributed by atoms with E-state index in [0.717, 1.165) is 4.47 Å². The van der Waals surface area contributed by atoms with E-state index in [0.29, 0.717) is 5.56 Å². The average Bonchev–Trinajstić information content (AvgIpc) is 2.34. The van der Waals surface area contributed by atoms with E-state index in [-0.39, 0.29) is 11.8 Å². The molecule has 1 rings (SSSR count). The fourth-order valence-corrected chi connectivity index (χ4v) is 1.78. The quantitative estimate of drug-likeness (QED) is 0.490. The first-order valence-corrected chi connectivity index (χ1v) is 7.66. The first-order valence-electron chi connectivity index (χ1n) is 5.33. The van der Waals surface area contributed by atoms with Crippen molar-refractivity contribution in [1.29, 1.82) is 0 Å². The van der Waals surface area contributed by atoms with Gasteiger partial charge in [0.15, 0.2) is 6.04 Å². The van der Waals surface area contributed by atoms with Crippen LogP contribution < -0.4 is 0 Å². The third-order valence-corrected chi connectivity index (χ3v) is 3.03. The molecule has 20 heavy (non-hydrogen) atoms. The Morgan fingerprint density at radius 2 is 1.95 bits per heavy atom. The third kappa shape index (κ3) is 6.10. The molecular weight excluding hydrogens is 357 g/mol. The Kier molecular flexibility index (Phi) is 6.28. The maximum absolute atomic E-state index is 10.8. The van der Waals surface area contributed by atoms with Crippen molar-refractivity contribution in [3.05, 3.63) is 34.3 Å². The van der Waals surface area contributed by atoms with Crippen LogP contribution in [0.4, 0.5) is 0 Å². The van der Waals surface area contributed by atoms with E-state index in [9.17, 15) is 9.36 Å². The fourth-order valence-electron chi connectivity index (χ4n) is 1.12. The van der Waals surface area contributed by atoms with Gasteiger partial charge < -0.3 is 14.9 Å². The van der Waals surface area contributed by atoms with Crippen LogP contribution in [0.15, 0.2) is 28.7 Å². The van der Waals surface area contributed by atoms with E-state index in [1.165, 1.54) is 6.92 Å². The second kappa shape index (κ2) is 7.28. The molecule has 0 heterocycles. The van der Waals surface area contributed by atoms with Crippen LogP contribution in [0, 0.1) is 0 Å². The first kappa shape index (κ1) is 17.3. The van der Waals surface area contributed by atoms with Gasteiger partial charge in [0.1, 0.15) is 0 Å².